The maximum absolute atomic E-state index is 5.61. The van der Waals surface area contributed by atoms with Gasteiger partial charge in [-0.3, -0.25) is 0 Å². The van der Waals surface area contributed by atoms with E-state index in [2.05, 4.69) is 57.3 Å². The van der Waals surface area contributed by atoms with E-state index in [1.807, 2.05) is 0 Å². The maximum Gasteiger partial charge on any atom is 0.0720 e. The average molecular weight is 235 g/mol. The highest BCUT2D eigenvalue weighted by Crippen LogP contribution is 2.12. The summed E-state index contributed by atoms with van der Waals surface area (Å²) < 4.78 is 5.61. The fourth-order valence-corrected chi connectivity index (χ4v) is 1.56. The Balaban J connectivity index is 2.58. The van der Waals surface area contributed by atoms with Crippen molar-refractivity contribution in [1.82, 2.24) is 5.32 Å². The van der Waals surface area contributed by atoms with Crippen molar-refractivity contribution in [3.63, 3.8) is 0 Å². The molecule has 1 rings (SSSR count). The number of benzene rings is 1. The zero-order valence-corrected chi connectivity index (χ0v) is 11.5. The van der Waals surface area contributed by atoms with Gasteiger partial charge in [-0.2, -0.15) is 0 Å². The summed E-state index contributed by atoms with van der Waals surface area (Å²) >= 11 is 0. The largest absolute Gasteiger partial charge is 0.377 e. The minimum atomic E-state index is 0.150. The average Bonchev–Trinajstić information content (AvgIpc) is 2.27. The third-order valence-electron chi connectivity index (χ3n) is 2.53. The summed E-state index contributed by atoms with van der Waals surface area (Å²) in [7, 11) is 0. The first kappa shape index (κ1) is 14.2. The number of rotatable bonds is 6. The van der Waals surface area contributed by atoms with Gasteiger partial charge < -0.3 is 10.1 Å². The Labute approximate surface area is 105 Å². The molecule has 1 N–H and O–H groups in total. The monoisotopic (exact) mass is 235 g/mol. The van der Waals surface area contributed by atoms with Crippen molar-refractivity contribution >= 4 is 0 Å². The van der Waals surface area contributed by atoms with Crippen molar-refractivity contribution in [3.05, 3.63) is 35.4 Å². The molecule has 1 aromatic carbocycles. The minimum Gasteiger partial charge on any atom is -0.377 e. The van der Waals surface area contributed by atoms with E-state index in [0.717, 1.165) is 26.2 Å². The van der Waals surface area contributed by atoms with E-state index < -0.39 is 0 Å². The molecule has 0 unspecified atom stereocenters. The lowest BCUT2D eigenvalue weighted by molar-refractivity contribution is 0.121. The summed E-state index contributed by atoms with van der Waals surface area (Å²) in [5, 5.41) is 3.51. The van der Waals surface area contributed by atoms with Crippen LogP contribution >= 0.6 is 0 Å². The lowest BCUT2D eigenvalue weighted by Gasteiger charge is -2.21. The molecule has 0 atom stereocenters. The Morgan fingerprint density at radius 1 is 1.12 bits per heavy atom. The molecule has 0 heterocycles. The highest BCUT2D eigenvalue weighted by molar-refractivity contribution is 5.26. The molecule has 17 heavy (non-hydrogen) atoms. The van der Waals surface area contributed by atoms with Gasteiger partial charge in [-0.05, 0) is 38.3 Å². The molecule has 0 aromatic heterocycles. The topological polar surface area (TPSA) is 21.3 Å². The summed E-state index contributed by atoms with van der Waals surface area (Å²) in [6.07, 6.45) is 1.07. The molecule has 2 heteroatoms. The molecule has 1 aromatic rings. The molecule has 0 bridgehead atoms. The van der Waals surface area contributed by atoms with Crippen LogP contribution in [0, 0.1) is 0 Å². The SMILES string of the molecule is CCCOCc1ccccc1CNC(C)(C)C. The van der Waals surface area contributed by atoms with Crippen LogP contribution in [0.15, 0.2) is 24.3 Å². The van der Waals surface area contributed by atoms with Gasteiger partial charge in [0.1, 0.15) is 0 Å². The van der Waals surface area contributed by atoms with Gasteiger partial charge in [0.15, 0.2) is 0 Å². The molecule has 0 aliphatic carbocycles. The van der Waals surface area contributed by atoms with Crippen molar-refractivity contribution in [1.29, 1.82) is 0 Å². The number of hydrogen-bond donors (Lipinski definition) is 1. The van der Waals surface area contributed by atoms with Gasteiger partial charge in [0, 0.05) is 18.7 Å². The number of ether oxygens (including phenoxy) is 1. The predicted octanol–water partition coefficient (Wildman–Crippen LogP) is 3.50. The summed E-state index contributed by atoms with van der Waals surface area (Å²) in [5.74, 6) is 0. The van der Waals surface area contributed by atoms with Crippen LogP contribution < -0.4 is 5.32 Å². The molecule has 0 fully saturated rings. The van der Waals surface area contributed by atoms with E-state index in [4.69, 9.17) is 4.74 Å². The van der Waals surface area contributed by atoms with Crippen LogP contribution in [0.4, 0.5) is 0 Å². The van der Waals surface area contributed by atoms with Gasteiger partial charge in [0.25, 0.3) is 0 Å². The fourth-order valence-electron chi connectivity index (χ4n) is 1.56. The Hall–Kier alpha value is -0.860. The van der Waals surface area contributed by atoms with E-state index in [0.29, 0.717) is 0 Å². The first-order valence-electron chi connectivity index (χ1n) is 6.42. The standard InChI is InChI=1S/C15H25NO/c1-5-10-17-12-14-9-7-6-8-13(14)11-16-15(2,3)4/h6-9,16H,5,10-12H2,1-4H3. The van der Waals surface area contributed by atoms with Crippen LogP contribution in [0.3, 0.4) is 0 Å². The Morgan fingerprint density at radius 2 is 1.76 bits per heavy atom. The summed E-state index contributed by atoms with van der Waals surface area (Å²) in [6.45, 7) is 11.1. The molecular weight excluding hydrogens is 210 g/mol. The molecule has 96 valence electrons. The number of hydrogen-bond acceptors (Lipinski definition) is 2. The molecule has 0 amide bonds. The van der Waals surface area contributed by atoms with Crippen molar-refractivity contribution in [2.75, 3.05) is 6.61 Å². The van der Waals surface area contributed by atoms with Crippen molar-refractivity contribution in [2.24, 2.45) is 0 Å². The van der Waals surface area contributed by atoms with Crippen molar-refractivity contribution in [3.8, 4) is 0 Å². The van der Waals surface area contributed by atoms with Crippen LogP contribution in [0.5, 0.6) is 0 Å². The molecule has 0 saturated carbocycles. The smallest absolute Gasteiger partial charge is 0.0720 e. The van der Waals surface area contributed by atoms with Gasteiger partial charge in [0.2, 0.25) is 0 Å². The molecule has 0 saturated heterocycles. The van der Waals surface area contributed by atoms with Crippen LogP contribution in [0.1, 0.15) is 45.2 Å². The maximum atomic E-state index is 5.61. The fraction of sp³-hybridized carbons (Fsp3) is 0.600. The van der Waals surface area contributed by atoms with Crippen molar-refractivity contribution in [2.45, 2.75) is 52.8 Å². The molecule has 0 spiro atoms. The third-order valence-corrected chi connectivity index (χ3v) is 2.53. The first-order valence-corrected chi connectivity index (χ1v) is 6.42. The highest BCUT2D eigenvalue weighted by atomic mass is 16.5. The molecule has 0 aliphatic rings. The van der Waals surface area contributed by atoms with Crippen LogP contribution in [-0.2, 0) is 17.9 Å². The van der Waals surface area contributed by atoms with Gasteiger partial charge in [-0.15, -0.1) is 0 Å². The summed E-state index contributed by atoms with van der Waals surface area (Å²) in [6, 6.07) is 8.48. The second-order valence-corrected chi connectivity index (χ2v) is 5.42. The molecule has 2 nitrogen and oxygen atoms in total. The van der Waals surface area contributed by atoms with Crippen LogP contribution in [0.2, 0.25) is 0 Å². The van der Waals surface area contributed by atoms with E-state index in [9.17, 15) is 0 Å². The normalized spacial score (nSPS) is 11.8. The molecular formula is C15H25NO. The number of nitrogens with one attached hydrogen (secondary N) is 1. The van der Waals surface area contributed by atoms with Crippen LogP contribution in [0.25, 0.3) is 0 Å². The zero-order chi connectivity index (χ0) is 12.7. The molecule has 0 radical (unpaired) electrons. The lowest BCUT2D eigenvalue weighted by atomic mass is 10.1. The van der Waals surface area contributed by atoms with Gasteiger partial charge >= 0.3 is 0 Å². The zero-order valence-electron chi connectivity index (χ0n) is 11.5. The van der Waals surface area contributed by atoms with E-state index in [1.165, 1.54) is 11.1 Å². The highest BCUT2D eigenvalue weighted by Gasteiger charge is 2.09. The lowest BCUT2D eigenvalue weighted by Crippen LogP contribution is -2.35. The van der Waals surface area contributed by atoms with E-state index in [-0.39, 0.29) is 5.54 Å². The van der Waals surface area contributed by atoms with Gasteiger partial charge in [0.05, 0.1) is 6.61 Å². The molecule has 0 aliphatic heterocycles. The van der Waals surface area contributed by atoms with Gasteiger partial charge in [-0.25, -0.2) is 0 Å². The Bertz CT molecular complexity index is 328. The second kappa shape index (κ2) is 6.77. The first-order chi connectivity index (χ1) is 8.03. The van der Waals surface area contributed by atoms with Crippen LogP contribution in [-0.4, -0.2) is 12.1 Å². The van der Waals surface area contributed by atoms with E-state index >= 15 is 0 Å². The minimum absolute atomic E-state index is 0.150. The Kier molecular flexibility index (Phi) is 5.66. The summed E-state index contributed by atoms with van der Waals surface area (Å²) in [5.41, 5.74) is 2.77. The van der Waals surface area contributed by atoms with E-state index in [1.54, 1.807) is 0 Å². The summed E-state index contributed by atoms with van der Waals surface area (Å²) in [4.78, 5) is 0. The predicted molar refractivity (Wildman–Crippen MR) is 73.0 cm³/mol. The van der Waals surface area contributed by atoms with Crippen molar-refractivity contribution < 1.29 is 4.74 Å². The Morgan fingerprint density at radius 3 is 2.35 bits per heavy atom. The van der Waals surface area contributed by atoms with Gasteiger partial charge in [-0.1, -0.05) is 31.2 Å². The third kappa shape index (κ3) is 5.85. The quantitative estimate of drug-likeness (QED) is 0.762. The second-order valence-electron chi connectivity index (χ2n) is 5.42.